The number of carbonyl (C=O) groups is 2. The van der Waals surface area contributed by atoms with E-state index in [0.29, 0.717) is 12.2 Å². The van der Waals surface area contributed by atoms with Gasteiger partial charge in [-0.1, -0.05) is 12.2 Å². The molecule has 0 aromatic rings. The van der Waals surface area contributed by atoms with Crippen molar-refractivity contribution in [1.29, 1.82) is 0 Å². The van der Waals surface area contributed by atoms with Gasteiger partial charge in [-0.3, -0.25) is 9.59 Å². The summed E-state index contributed by atoms with van der Waals surface area (Å²) in [6, 6.07) is 0. The van der Waals surface area contributed by atoms with Crippen LogP contribution in [0.1, 0.15) is 40.0 Å². The molecule has 0 aromatic heterocycles. The molecule has 0 heterocycles. The van der Waals surface area contributed by atoms with E-state index in [4.69, 9.17) is 9.84 Å². The number of carbonyl (C=O) groups excluding carboxylic acids is 1. The van der Waals surface area contributed by atoms with Crippen LogP contribution < -0.4 is 0 Å². The highest BCUT2D eigenvalue weighted by molar-refractivity contribution is 5.82. The van der Waals surface area contributed by atoms with Crippen molar-refractivity contribution in [3.63, 3.8) is 0 Å². The Hall–Kier alpha value is -1.74. The molecule has 10 heteroatoms. The molecule has 1 N–H and O–H groups in total. The molecule has 0 saturated carbocycles. The zero-order valence-corrected chi connectivity index (χ0v) is 13.9. The summed E-state index contributed by atoms with van der Waals surface area (Å²) in [4.78, 5) is 23.3. The smallest absolute Gasteiger partial charge is 0.392 e. The molecule has 146 valence electrons. The summed E-state index contributed by atoms with van der Waals surface area (Å²) in [6.45, 7) is 4.31. The molecule has 2 atom stereocenters. The van der Waals surface area contributed by atoms with E-state index in [-0.39, 0.29) is 0 Å². The van der Waals surface area contributed by atoms with Gasteiger partial charge in [-0.25, -0.2) is 0 Å². The van der Waals surface area contributed by atoms with Gasteiger partial charge in [0.1, 0.15) is 5.60 Å². The van der Waals surface area contributed by atoms with Crippen molar-refractivity contribution in [3.05, 3.63) is 12.2 Å². The summed E-state index contributed by atoms with van der Waals surface area (Å²) in [7, 11) is 0. The Morgan fingerprint density at radius 1 is 1.04 bits per heavy atom. The first kappa shape index (κ1) is 23.3. The predicted molar refractivity (Wildman–Crippen MR) is 75.6 cm³/mol. The molecule has 0 amide bonds. The average molecular weight is 378 g/mol. The lowest BCUT2D eigenvalue weighted by atomic mass is 9.87. The maximum Gasteiger partial charge on any atom is 0.392 e. The average Bonchev–Trinajstić information content (AvgIpc) is 2.31. The van der Waals surface area contributed by atoms with Gasteiger partial charge in [0.2, 0.25) is 0 Å². The summed E-state index contributed by atoms with van der Waals surface area (Å²) in [6.07, 6.45) is -12.0. The minimum Gasteiger partial charge on any atom is -0.481 e. The summed E-state index contributed by atoms with van der Waals surface area (Å²) < 4.78 is 78.6. The van der Waals surface area contributed by atoms with Gasteiger partial charge in [-0.05, 0) is 27.2 Å². The first-order valence-electron chi connectivity index (χ1n) is 7.27. The Morgan fingerprint density at radius 3 is 1.92 bits per heavy atom. The Labute approximate surface area is 140 Å². The third-order valence-corrected chi connectivity index (χ3v) is 2.86. The quantitative estimate of drug-likeness (QED) is 0.403. The van der Waals surface area contributed by atoms with Crippen molar-refractivity contribution in [1.82, 2.24) is 0 Å². The number of aliphatic carboxylic acids is 1. The topological polar surface area (TPSA) is 63.6 Å². The van der Waals surface area contributed by atoms with Crippen LogP contribution in [-0.2, 0) is 14.3 Å². The molecule has 0 radical (unpaired) electrons. The molecule has 0 fully saturated rings. The van der Waals surface area contributed by atoms with Gasteiger partial charge in [-0.15, -0.1) is 0 Å². The number of ether oxygens (including phenoxy) is 1. The number of allylic oxidation sites excluding steroid dienone is 1. The van der Waals surface area contributed by atoms with E-state index >= 15 is 0 Å². The molecule has 25 heavy (non-hydrogen) atoms. The summed E-state index contributed by atoms with van der Waals surface area (Å²) in [5, 5.41) is 9.12. The number of carboxylic acids is 1. The van der Waals surface area contributed by atoms with Gasteiger partial charge >= 0.3 is 24.3 Å². The highest BCUT2D eigenvalue weighted by Gasteiger charge is 2.38. The molecule has 0 spiro atoms. The lowest BCUT2D eigenvalue weighted by Crippen LogP contribution is -2.35. The summed E-state index contributed by atoms with van der Waals surface area (Å²) >= 11 is 0. The van der Waals surface area contributed by atoms with Crippen LogP contribution >= 0.6 is 0 Å². The Bertz CT molecular complexity index is 488. The Morgan fingerprint density at radius 2 is 1.56 bits per heavy atom. The first-order chi connectivity index (χ1) is 11.0. The van der Waals surface area contributed by atoms with Gasteiger partial charge in [0.15, 0.2) is 0 Å². The van der Waals surface area contributed by atoms with E-state index in [1.807, 2.05) is 0 Å². The second-order valence-corrected chi connectivity index (χ2v) is 6.41. The standard InChI is InChI=1S/C15H20F6O4/c1-13(2,3)25-12(24)10(5-4-7-14(16,17)18)9(11(22)23)6-8-15(19,20)21/h4-5,9-10H,6-8H2,1-3H3,(H,22,23). The van der Waals surface area contributed by atoms with Crippen molar-refractivity contribution < 1.29 is 45.8 Å². The molecule has 0 bridgehead atoms. The van der Waals surface area contributed by atoms with Crippen LogP contribution in [0.4, 0.5) is 26.3 Å². The minimum atomic E-state index is -4.66. The van der Waals surface area contributed by atoms with Gasteiger partial charge in [0.25, 0.3) is 0 Å². The zero-order chi connectivity index (χ0) is 20.1. The first-order valence-corrected chi connectivity index (χ1v) is 7.27. The van der Waals surface area contributed by atoms with Crippen LogP contribution in [0.3, 0.4) is 0 Å². The Balaban J connectivity index is 5.48. The second kappa shape index (κ2) is 8.57. The molecule has 4 nitrogen and oxygen atoms in total. The molecule has 0 saturated heterocycles. The van der Waals surface area contributed by atoms with Crippen LogP contribution in [0.5, 0.6) is 0 Å². The predicted octanol–water partition coefficient (Wildman–Crippen LogP) is 4.50. The van der Waals surface area contributed by atoms with Crippen molar-refractivity contribution in [2.75, 3.05) is 0 Å². The number of carboxylic acid groups (broad SMARTS) is 1. The normalized spacial score (nSPS) is 15.9. The number of alkyl halides is 6. The lowest BCUT2D eigenvalue weighted by Gasteiger charge is -2.26. The number of rotatable bonds is 7. The van der Waals surface area contributed by atoms with Crippen LogP contribution in [0, 0.1) is 11.8 Å². The Kier molecular flexibility index (Phi) is 7.98. The molecule has 0 aliphatic carbocycles. The molecular weight excluding hydrogens is 358 g/mol. The van der Waals surface area contributed by atoms with E-state index in [2.05, 4.69) is 0 Å². The van der Waals surface area contributed by atoms with E-state index in [9.17, 15) is 35.9 Å². The van der Waals surface area contributed by atoms with E-state index in [1.54, 1.807) is 0 Å². The highest BCUT2D eigenvalue weighted by atomic mass is 19.4. The van der Waals surface area contributed by atoms with Crippen molar-refractivity contribution in [2.24, 2.45) is 11.8 Å². The molecule has 0 aliphatic rings. The summed E-state index contributed by atoms with van der Waals surface area (Å²) in [5.41, 5.74) is -1.08. The number of esters is 1. The largest absolute Gasteiger partial charge is 0.481 e. The molecular formula is C15H20F6O4. The van der Waals surface area contributed by atoms with Gasteiger partial charge in [0, 0.05) is 6.42 Å². The zero-order valence-electron chi connectivity index (χ0n) is 13.9. The number of hydrogen-bond acceptors (Lipinski definition) is 3. The fraction of sp³-hybridized carbons (Fsp3) is 0.733. The summed E-state index contributed by atoms with van der Waals surface area (Å²) in [5.74, 6) is -6.54. The lowest BCUT2D eigenvalue weighted by molar-refractivity contribution is -0.167. The van der Waals surface area contributed by atoms with Crippen LogP contribution in [0.15, 0.2) is 12.2 Å². The fourth-order valence-electron chi connectivity index (χ4n) is 1.87. The molecule has 0 aromatic carbocycles. The fourth-order valence-corrected chi connectivity index (χ4v) is 1.87. The second-order valence-electron chi connectivity index (χ2n) is 6.41. The highest BCUT2D eigenvalue weighted by Crippen LogP contribution is 2.30. The maximum atomic E-state index is 12.3. The SMILES string of the molecule is CC(C)(C)OC(=O)C(C=CCC(F)(F)F)C(CCC(F)(F)F)C(=O)O. The van der Waals surface area contributed by atoms with Crippen molar-refractivity contribution >= 4 is 11.9 Å². The number of halogens is 6. The van der Waals surface area contributed by atoms with Crippen LogP contribution in [0.25, 0.3) is 0 Å². The third-order valence-electron chi connectivity index (χ3n) is 2.86. The van der Waals surface area contributed by atoms with E-state index in [0.717, 1.165) is 0 Å². The minimum absolute atomic E-state index is 0.512. The molecule has 0 rings (SSSR count). The van der Waals surface area contributed by atoms with Gasteiger partial charge in [-0.2, -0.15) is 26.3 Å². The van der Waals surface area contributed by atoms with E-state index in [1.165, 1.54) is 20.8 Å². The maximum absolute atomic E-state index is 12.3. The monoisotopic (exact) mass is 378 g/mol. The van der Waals surface area contributed by atoms with E-state index < -0.39 is 61.0 Å². The molecule has 0 aliphatic heterocycles. The third kappa shape index (κ3) is 11.4. The van der Waals surface area contributed by atoms with Crippen molar-refractivity contribution in [2.45, 2.75) is 58.0 Å². The van der Waals surface area contributed by atoms with Crippen LogP contribution in [0.2, 0.25) is 0 Å². The molecule has 2 unspecified atom stereocenters. The number of hydrogen-bond donors (Lipinski definition) is 1. The van der Waals surface area contributed by atoms with Gasteiger partial charge in [0.05, 0.1) is 18.3 Å². The van der Waals surface area contributed by atoms with Gasteiger partial charge < -0.3 is 9.84 Å². The van der Waals surface area contributed by atoms with Crippen molar-refractivity contribution in [3.8, 4) is 0 Å². The van der Waals surface area contributed by atoms with Crippen LogP contribution in [-0.4, -0.2) is 35.0 Å².